The molecular formula is C12H24N2O4. The van der Waals surface area contributed by atoms with Gasteiger partial charge in [0.05, 0.1) is 6.42 Å². The molecule has 0 unspecified atom stereocenters. The van der Waals surface area contributed by atoms with Crippen molar-refractivity contribution in [2.45, 2.75) is 52.7 Å². The molecule has 0 aromatic heterocycles. The van der Waals surface area contributed by atoms with E-state index in [4.69, 9.17) is 10.6 Å². The third-order valence-corrected chi connectivity index (χ3v) is 1.91. The van der Waals surface area contributed by atoms with E-state index in [-0.39, 0.29) is 6.42 Å². The van der Waals surface area contributed by atoms with E-state index < -0.39 is 23.6 Å². The molecule has 0 bridgehead atoms. The minimum absolute atomic E-state index is 0.197. The molecule has 3 N–H and O–H groups in total. The Morgan fingerprint density at radius 2 is 1.83 bits per heavy atom. The Kier molecular flexibility index (Phi) is 6.86. The Morgan fingerprint density at radius 3 is 2.22 bits per heavy atom. The largest absolute Gasteiger partial charge is 0.460 e. The highest BCUT2D eigenvalue weighted by molar-refractivity contribution is 5.85. The van der Waals surface area contributed by atoms with Gasteiger partial charge in [-0.25, -0.2) is 5.90 Å². The summed E-state index contributed by atoms with van der Waals surface area (Å²) >= 11 is 0. The first-order valence-corrected chi connectivity index (χ1v) is 6.00. The van der Waals surface area contributed by atoms with Gasteiger partial charge in [-0.2, -0.15) is 0 Å². The molecule has 0 aromatic carbocycles. The van der Waals surface area contributed by atoms with Crippen molar-refractivity contribution in [3.8, 4) is 0 Å². The molecule has 0 spiro atoms. The van der Waals surface area contributed by atoms with Crippen molar-refractivity contribution in [1.29, 1.82) is 0 Å². The first kappa shape index (κ1) is 16.9. The molecule has 1 amide bonds. The molecule has 6 heteroatoms. The monoisotopic (exact) mass is 260 g/mol. The molecule has 0 rings (SSSR count). The molecule has 18 heavy (non-hydrogen) atoms. The van der Waals surface area contributed by atoms with E-state index in [2.05, 4.69) is 10.2 Å². The summed E-state index contributed by atoms with van der Waals surface area (Å²) < 4.78 is 5.09. The molecule has 1 atom stereocenters. The van der Waals surface area contributed by atoms with Crippen molar-refractivity contribution in [1.82, 2.24) is 5.32 Å². The van der Waals surface area contributed by atoms with Crippen LogP contribution in [0.25, 0.3) is 0 Å². The van der Waals surface area contributed by atoms with Crippen LogP contribution in [0.1, 0.15) is 41.0 Å². The fourth-order valence-corrected chi connectivity index (χ4v) is 1.16. The summed E-state index contributed by atoms with van der Waals surface area (Å²) in [7, 11) is 0. The Bertz CT molecular complexity index is 284. The maximum Gasteiger partial charge on any atom is 0.309 e. The zero-order chi connectivity index (χ0) is 14.3. The van der Waals surface area contributed by atoms with Crippen LogP contribution in [0, 0.1) is 5.92 Å². The molecule has 0 saturated heterocycles. The number of carbonyl (C=O) groups is 2. The second-order valence-corrected chi connectivity index (χ2v) is 5.55. The van der Waals surface area contributed by atoms with Crippen LogP contribution in [0.15, 0.2) is 0 Å². The lowest BCUT2D eigenvalue weighted by atomic mass is 10.1. The zero-order valence-corrected chi connectivity index (χ0v) is 11.8. The van der Waals surface area contributed by atoms with E-state index in [1.165, 1.54) is 0 Å². The van der Waals surface area contributed by atoms with E-state index in [1.54, 1.807) is 20.8 Å². The standard InChI is InChI=1S/C12H24N2O4/c1-8(2)7-14-11(16)9(18-13)6-10(15)17-12(3,4)5/h8-9H,6-7,13H2,1-5H3,(H,14,16)/t9-/m1/s1. The molecule has 0 saturated carbocycles. The average Bonchev–Trinajstić information content (AvgIpc) is 2.19. The van der Waals surface area contributed by atoms with E-state index in [1.807, 2.05) is 13.8 Å². The van der Waals surface area contributed by atoms with Crippen molar-refractivity contribution in [3.05, 3.63) is 0 Å². The number of rotatable bonds is 6. The van der Waals surface area contributed by atoms with Crippen molar-refractivity contribution in [3.63, 3.8) is 0 Å². The van der Waals surface area contributed by atoms with Crippen LogP contribution in [-0.2, 0) is 19.2 Å². The average molecular weight is 260 g/mol. The Hall–Kier alpha value is -1.14. The molecule has 0 aliphatic heterocycles. The second kappa shape index (κ2) is 7.33. The molecule has 106 valence electrons. The van der Waals surface area contributed by atoms with Crippen LogP contribution in [0.5, 0.6) is 0 Å². The predicted molar refractivity (Wildman–Crippen MR) is 67.4 cm³/mol. The van der Waals surface area contributed by atoms with E-state index >= 15 is 0 Å². The van der Waals surface area contributed by atoms with Gasteiger partial charge in [-0.3, -0.25) is 14.4 Å². The van der Waals surface area contributed by atoms with Gasteiger partial charge in [0.15, 0.2) is 6.10 Å². The number of ether oxygens (including phenoxy) is 1. The zero-order valence-electron chi connectivity index (χ0n) is 11.8. The fourth-order valence-electron chi connectivity index (χ4n) is 1.16. The van der Waals surface area contributed by atoms with Gasteiger partial charge in [-0.1, -0.05) is 13.8 Å². The van der Waals surface area contributed by atoms with Gasteiger partial charge in [-0.05, 0) is 26.7 Å². The van der Waals surface area contributed by atoms with Gasteiger partial charge in [-0.15, -0.1) is 0 Å². The van der Waals surface area contributed by atoms with Crippen LogP contribution >= 0.6 is 0 Å². The van der Waals surface area contributed by atoms with Crippen LogP contribution < -0.4 is 11.2 Å². The van der Waals surface area contributed by atoms with Gasteiger partial charge in [0.25, 0.3) is 5.91 Å². The number of esters is 1. The molecule has 0 aliphatic carbocycles. The topological polar surface area (TPSA) is 90.7 Å². The smallest absolute Gasteiger partial charge is 0.309 e. The van der Waals surface area contributed by atoms with Crippen molar-refractivity contribution in [2.24, 2.45) is 11.8 Å². The Labute approximate surface area is 108 Å². The van der Waals surface area contributed by atoms with Crippen molar-refractivity contribution < 1.29 is 19.2 Å². The molecule has 6 nitrogen and oxygen atoms in total. The quantitative estimate of drug-likeness (QED) is 0.543. The van der Waals surface area contributed by atoms with Gasteiger partial charge in [0.2, 0.25) is 0 Å². The Balaban J connectivity index is 4.25. The first-order valence-electron chi connectivity index (χ1n) is 6.00. The predicted octanol–water partition coefficient (Wildman–Crippen LogP) is 0.749. The van der Waals surface area contributed by atoms with Crippen LogP contribution in [0.3, 0.4) is 0 Å². The van der Waals surface area contributed by atoms with Crippen molar-refractivity contribution in [2.75, 3.05) is 6.54 Å². The summed E-state index contributed by atoms with van der Waals surface area (Å²) in [6, 6.07) is 0. The van der Waals surface area contributed by atoms with Gasteiger partial charge in [0.1, 0.15) is 5.60 Å². The van der Waals surface area contributed by atoms with Gasteiger partial charge in [0, 0.05) is 6.54 Å². The number of amides is 1. The molecule has 0 radical (unpaired) electrons. The molecule has 0 fully saturated rings. The maximum atomic E-state index is 11.7. The summed E-state index contributed by atoms with van der Waals surface area (Å²) in [5.74, 6) is 4.42. The number of hydrogen-bond donors (Lipinski definition) is 2. The maximum absolute atomic E-state index is 11.7. The number of nitrogens with two attached hydrogens (primary N) is 1. The molecule has 0 aliphatic rings. The summed E-state index contributed by atoms with van der Waals surface area (Å²) in [4.78, 5) is 27.7. The normalized spacial score (nSPS) is 13.3. The van der Waals surface area contributed by atoms with Crippen LogP contribution in [-0.4, -0.2) is 30.1 Å². The van der Waals surface area contributed by atoms with Gasteiger partial charge < -0.3 is 10.1 Å². The highest BCUT2D eigenvalue weighted by Gasteiger charge is 2.25. The molecule has 0 heterocycles. The minimum Gasteiger partial charge on any atom is -0.460 e. The summed E-state index contributed by atoms with van der Waals surface area (Å²) in [6.45, 7) is 9.69. The van der Waals surface area contributed by atoms with E-state index in [9.17, 15) is 9.59 Å². The minimum atomic E-state index is -1.02. The third-order valence-electron chi connectivity index (χ3n) is 1.91. The lowest BCUT2D eigenvalue weighted by Gasteiger charge is -2.21. The second-order valence-electron chi connectivity index (χ2n) is 5.55. The number of carbonyl (C=O) groups excluding carboxylic acids is 2. The van der Waals surface area contributed by atoms with Gasteiger partial charge >= 0.3 is 5.97 Å². The lowest BCUT2D eigenvalue weighted by Crippen LogP contribution is -2.41. The highest BCUT2D eigenvalue weighted by atomic mass is 16.6. The molecular weight excluding hydrogens is 236 g/mol. The molecule has 0 aromatic rings. The van der Waals surface area contributed by atoms with Crippen molar-refractivity contribution >= 4 is 11.9 Å². The van der Waals surface area contributed by atoms with Crippen LogP contribution in [0.2, 0.25) is 0 Å². The van der Waals surface area contributed by atoms with E-state index in [0.29, 0.717) is 12.5 Å². The fraction of sp³-hybridized carbons (Fsp3) is 0.833. The lowest BCUT2D eigenvalue weighted by molar-refractivity contribution is -0.161. The first-order chi connectivity index (χ1) is 8.15. The Morgan fingerprint density at radius 1 is 1.28 bits per heavy atom. The summed E-state index contributed by atoms with van der Waals surface area (Å²) in [5.41, 5.74) is -0.593. The highest BCUT2D eigenvalue weighted by Crippen LogP contribution is 2.10. The van der Waals surface area contributed by atoms with E-state index in [0.717, 1.165) is 0 Å². The summed E-state index contributed by atoms with van der Waals surface area (Å²) in [6.07, 6.45) is -1.21. The third kappa shape index (κ3) is 8.03. The number of nitrogens with one attached hydrogen (secondary N) is 1. The summed E-state index contributed by atoms with van der Waals surface area (Å²) in [5, 5.41) is 2.65. The number of hydrogen-bond acceptors (Lipinski definition) is 5. The van der Waals surface area contributed by atoms with Crippen LogP contribution in [0.4, 0.5) is 0 Å². The SMILES string of the molecule is CC(C)CNC(=O)[C@@H](CC(=O)OC(C)(C)C)ON.